The largest absolute Gasteiger partial charge is 0.337 e. The van der Waals surface area contributed by atoms with Crippen molar-refractivity contribution in [3.63, 3.8) is 0 Å². The van der Waals surface area contributed by atoms with Crippen LogP contribution in [0.25, 0.3) is 0 Å². The minimum absolute atomic E-state index is 0.0942. The van der Waals surface area contributed by atoms with E-state index >= 15 is 0 Å². The van der Waals surface area contributed by atoms with E-state index in [1.165, 1.54) is 13.3 Å². The minimum Gasteiger partial charge on any atom is -0.337 e. The van der Waals surface area contributed by atoms with Crippen LogP contribution in [0.15, 0.2) is 24.3 Å². The molecule has 1 aliphatic rings. The topological polar surface area (TPSA) is 73.5 Å². The van der Waals surface area contributed by atoms with Crippen LogP contribution in [-0.4, -0.2) is 42.5 Å². The summed E-state index contributed by atoms with van der Waals surface area (Å²) in [6, 6.07) is 7.76. The lowest BCUT2D eigenvalue weighted by atomic mass is 10.2. The Balaban J connectivity index is 1.70. The van der Waals surface area contributed by atoms with Gasteiger partial charge in [-0.15, -0.1) is 0 Å². The number of likely N-dealkylation sites (N-methyl/N-ethyl adjacent to an activating group) is 1. The molecule has 0 saturated carbocycles. The minimum atomic E-state index is -0.140. The highest BCUT2D eigenvalue weighted by atomic mass is 16.2. The Hall–Kier alpha value is -2.08. The number of rotatable bonds is 6. The van der Waals surface area contributed by atoms with E-state index in [1.807, 2.05) is 24.3 Å². The molecular weight excluding hydrogens is 292 g/mol. The van der Waals surface area contributed by atoms with Crippen LogP contribution < -0.4 is 16.0 Å². The van der Waals surface area contributed by atoms with Gasteiger partial charge in [0.2, 0.25) is 5.91 Å². The molecule has 126 valence electrons. The molecule has 0 spiro atoms. The van der Waals surface area contributed by atoms with E-state index in [0.717, 1.165) is 30.8 Å². The van der Waals surface area contributed by atoms with Crippen molar-refractivity contribution in [3.05, 3.63) is 29.8 Å². The highest BCUT2D eigenvalue weighted by molar-refractivity contribution is 5.88. The number of carbonyl (C=O) groups is 2. The van der Waals surface area contributed by atoms with Gasteiger partial charge in [-0.2, -0.15) is 0 Å². The summed E-state index contributed by atoms with van der Waals surface area (Å²) in [5, 5.41) is 8.52. The van der Waals surface area contributed by atoms with Gasteiger partial charge >= 0.3 is 6.03 Å². The smallest absolute Gasteiger partial charge is 0.315 e. The summed E-state index contributed by atoms with van der Waals surface area (Å²) in [6.07, 6.45) is 2.36. The van der Waals surface area contributed by atoms with Crippen LogP contribution in [0.4, 0.5) is 10.5 Å². The average molecular weight is 318 g/mol. The summed E-state index contributed by atoms with van der Waals surface area (Å²) in [5.41, 5.74) is 1.75. The quantitative estimate of drug-likeness (QED) is 0.750. The molecule has 1 atom stereocenters. The molecule has 3 amide bonds. The number of urea groups is 1. The number of hydrogen-bond donors (Lipinski definition) is 3. The van der Waals surface area contributed by atoms with E-state index in [0.29, 0.717) is 19.1 Å². The SMILES string of the molecule is CCN1CCC[C@@H]1CNC(=O)NCc1ccc(NC(C)=O)cc1. The van der Waals surface area contributed by atoms with Crippen molar-refractivity contribution in [1.29, 1.82) is 0 Å². The zero-order chi connectivity index (χ0) is 16.7. The summed E-state index contributed by atoms with van der Waals surface area (Å²) in [6.45, 7) is 6.96. The van der Waals surface area contributed by atoms with Gasteiger partial charge in [0.1, 0.15) is 0 Å². The second-order valence-corrected chi connectivity index (χ2v) is 5.87. The molecule has 1 aliphatic heterocycles. The van der Waals surface area contributed by atoms with E-state index in [1.54, 1.807) is 0 Å². The zero-order valence-corrected chi connectivity index (χ0v) is 13.9. The average Bonchev–Trinajstić information content (AvgIpc) is 2.99. The first-order valence-corrected chi connectivity index (χ1v) is 8.20. The molecule has 23 heavy (non-hydrogen) atoms. The maximum atomic E-state index is 11.9. The third-order valence-electron chi connectivity index (χ3n) is 4.13. The predicted octanol–water partition coefficient (Wildman–Crippen LogP) is 1.93. The number of likely N-dealkylation sites (tertiary alicyclic amines) is 1. The van der Waals surface area contributed by atoms with Gasteiger partial charge in [-0.1, -0.05) is 19.1 Å². The second kappa shape index (κ2) is 8.53. The molecule has 1 aromatic rings. The summed E-state index contributed by atoms with van der Waals surface area (Å²) in [7, 11) is 0. The molecular formula is C17H26N4O2. The summed E-state index contributed by atoms with van der Waals surface area (Å²) < 4.78 is 0. The number of hydrogen-bond acceptors (Lipinski definition) is 3. The Bertz CT molecular complexity index is 530. The first kappa shape index (κ1) is 17.3. The number of amides is 3. The van der Waals surface area contributed by atoms with Gasteiger partial charge in [0, 0.05) is 31.7 Å². The van der Waals surface area contributed by atoms with Gasteiger partial charge in [-0.25, -0.2) is 4.79 Å². The van der Waals surface area contributed by atoms with E-state index in [2.05, 4.69) is 27.8 Å². The number of nitrogens with zero attached hydrogens (tertiary/aromatic N) is 1. The molecule has 1 saturated heterocycles. The Kier molecular flexibility index (Phi) is 6.40. The summed E-state index contributed by atoms with van der Waals surface area (Å²) in [5.74, 6) is -0.0942. The fourth-order valence-corrected chi connectivity index (χ4v) is 2.91. The highest BCUT2D eigenvalue weighted by Crippen LogP contribution is 2.15. The van der Waals surface area contributed by atoms with Crippen molar-refractivity contribution in [2.24, 2.45) is 0 Å². The molecule has 6 heteroatoms. The number of carbonyl (C=O) groups excluding carboxylic acids is 2. The van der Waals surface area contributed by atoms with Gasteiger partial charge < -0.3 is 16.0 Å². The zero-order valence-electron chi connectivity index (χ0n) is 13.9. The third-order valence-corrected chi connectivity index (χ3v) is 4.13. The van der Waals surface area contributed by atoms with E-state index < -0.39 is 0 Å². The maximum absolute atomic E-state index is 11.9. The third kappa shape index (κ3) is 5.56. The molecule has 0 aromatic heterocycles. The predicted molar refractivity (Wildman–Crippen MR) is 91.3 cm³/mol. The molecule has 2 rings (SSSR count). The molecule has 0 unspecified atom stereocenters. The van der Waals surface area contributed by atoms with Crippen LogP contribution in [0.3, 0.4) is 0 Å². The number of nitrogens with one attached hydrogen (secondary N) is 3. The molecule has 1 heterocycles. The lowest BCUT2D eigenvalue weighted by Gasteiger charge is -2.22. The normalized spacial score (nSPS) is 17.7. The Morgan fingerprint density at radius 2 is 1.96 bits per heavy atom. The Labute approximate surface area is 137 Å². The Morgan fingerprint density at radius 1 is 1.22 bits per heavy atom. The van der Waals surface area contributed by atoms with E-state index in [-0.39, 0.29) is 11.9 Å². The monoisotopic (exact) mass is 318 g/mol. The van der Waals surface area contributed by atoms with Crippen LogP contribution in [0.2, 0.25) is 0 Å². The number of benzene rings is 1. The van der Waals surface area contributed by atoms with Crippen molar-refractivity contribution in [2.75, 3.05) is 25.0 Å². The van der Waals surface area contributed by atoms with Crippen molar-refractivity contribution >= 4 is 17.6 Å². The van der Waals surface area contributed by atoms with Gasteiger partial charge in [0.05, 0.1) is 0 Å². The molecule has 0 radical (unpaired) electrons. The lowest BCUT2D eigenvalue weighted by molar-refractivity contribution is -0.114. The van der Waals surface area contributed by atoms with Crippen LogP contribution in [-0.2, 0) is 11.3 Å². The highest BCUT2D eigenvalue weighted by Gasteiger charge is 2.22. The maximum Gasteiger partial charge on any atom is 0.315 e. The van der Waals surface area contributed by atoms with Gasteiger partial charge in [0.25, 0.3) is 0 Å². The van der Waals surface area contributed by atoms with E-state index in [9.17, 15) is 9.59 Å². The standard InChI is InChI=1S/C17H26N4O2/c1-3-21-10-4-5-16(21)12-19-17(23)18-11-14-6-8-15(9-7-14)20-13(2)22/h6-9,16H,3-5,10-12H2,1-2H3,(H,20,22)(H2,18,19,23)/t16-/m1/s1. The summed E-state index contributed by atoms with van der Waals surface area (Å²) in [4.78, 5) is 25.2. The molecule has 6 nitrogen and oxygen atoms in total. The van der Waals surface area contributed by atoms with E-state index in [4.69, 9.17) is 0 Å². The van der Waals surface area contributed by atoms with Crippen molar-refractivity contribution in [1.82, 2.24) is 15.5 Å². The Morgan fingerprint density at radius 3 is 2.61 bits per heavy atom. The van der Waals surface area contributed by atoms with Crippen LogP contribution in [0.5, 0.6) is 0 Å². The van der Waals surface area contributed by atoms with Crippen molar-refractivity contribution in [3.8, 4) is 0 Å². The van der Waals surface area contributed by atoms with Crippen LogP contribution >= 0.6 is 0 Å². The number of anilines is 1. The summed E-state index contributed by atoms with van der Waals surface area (Å²) >= 11 is 0. The first-order chi connectivity index (χ1) is 11.1. The molecule has 1 aromatic carbocycles. The fourth-order valence-electron chi connectivity index (χ4n) is 2.91. The van der Waals surface area contributed by atoms with Crippen LogP contribution in [0.1, 0.15) is 32.3 Å². The molecule has 0 aliphatic carbocycles. The molecule has 1 fully saturated rings. The molecule has 0 bridgehead atoms. The van der Waals surface area contributed by atoms with Crippen molar-refractivity contribution in [2.45, 2.75) is 39.3 Å². The first-order valence-electron chi connectivity index (χ1n) is 8.20. The second-order valence-electron chi connectivity index (χ2n) is 5.87. The van der Waals surface area contributed by atoms with Crippen LogP contribution in [0, 0.1) is 0 Å². The van der Waals surface area contributed by atoms with Gasteiger partial charge in [-0.3, -0.25) is 9.69 Å². The lowest BCUT2D eigenvalue weighted by Crippen LogP contribution is -2.43. The van der Waals surface area contributed by atoms with Gasteiger partial charge in [0.15, 0.2) is 0 Å². The molecule has 3 N–H and O–H groups in total. The van der Waals surface area contributed by atoms with Crippen molar-refractivity contribution < 1.29 is 9.59 Å². The van der Waals surface area contributed by atoms with Gasteiger partial charge in [-0.05, 0) is 43.6 Å². The fraction of sp³-hybridized carbons (Fsp3) is 0.529.